The predicted octanol–water partition coefficient (Wildman–Crippen LogP) is 6.69. The molecule has 10 N–H and O–H groups in total. The highest BCUT2D eigenvalue weighted by Gasteiger charge is 2.32. The fourth-order valence-corrected chi connectivity index (χ4v) is 9.43. The van der Waals surface area contributed by atoms with Crippen molar-refractivity contribution in [3.63, 3.8) is 0 Å². The summed E-state index contributed by atoms with van der Waals surface area (Å²) in [7, 11) is 1.39. The molecule has 4 aromatic carbocycles. The van der Waals surface area contributed by atoms with Gasteiger partial charge in [-0.25, -0.2) is 10.6 Å². The van der Waals surface area contributed by atoms with Crippen LogP contribution >= 0.6 is 0 Å². The van der Waals surface area contributed by atoms with Gasteiger partial charge in [-0.15, -0.1) is 0 Å². The Morgan fingerprint density at radius 3 is 1.29 bits per heavy atom. The number of aryl methyl sites for hydroxylation is 2. The number of hydrogen-bond acceptors (Lipinski definition) is 11. The van der Waals surface area contributed by atoms with Crippen LogP contribution in [-0.2, 0) is 4.74 Å². The van der Waals surface area contributed by atoms with Crippen molar-refractivity contribution in [2.24, 2.45) is 17.5 Å². The van der Waals surface area contributed by atoms with Gasteiger partial charge in [0.1, 0.15) is 0 Å². The zero-order chi connectivity index (χ0) is 48.6. The lowest BCUT2D eigenvalue weighted by molar-refractivity contribution is 0.0597. The number of aliphatic hydroxyl groups excluding tert-OH is 1. The number of carbonyl (C=O) groups is 4. The maximum atomic E-state index is 13.3. The summed E-state index contributed by atoms with van der Waals surface area (Å²) in [6.07, 6.45) is 10.2. The zero-order valence-electron chi connectivity index (χ0n) is 39.9. The number of amides is 3. The predicted molar refractivity (Wildman–Crippen MR) is 261 cm³/mol. The molecule has 68 heavy (non-hydrogen) atoms. The van der Waals surface area contributed by atoms with Gasteiger partial charge in [0.05, 0.1) is 35.9 Å². The number of rotatable bonds is 8. The number of esters is 1. The first kappa shape index (κ1) is 54.1. The van der Waals surface area contributed by atoms with E-state index in [0.29, 0.717) is 83.2 Å². The van der Waals surface area contributed by atoms with Crippen molar-refractivity contribution in [3.8, 4) is 12.1 Å². The molecular weight excluding hydrogens is 861 g/mol. The van der Waals surface area contributed by atoms with Gasteiger partial charge in [-0.05, 0) is 166 Å². The summed E-state index contributed by atoms with van der Waals surface area (Å²) in [4.78, 5) is 55.2. The van der Waals surface area contributed by atoms with Crippen LogP contribution < -0.4 is 23.0 Å². The SMILES string of the molecule is CCO.COC(=O)c1cc(C(=O)N2CCC(c3ccc(C#N)cc3)CC2)c(C)cc1C1CCC1.Cc1cc(C2CCC2)c(C(=O)NN)cc1C(=O)N1CCC(c2ccc(C#N)cc2)CC1.NN.O. The molecule has 0 spiro atoms. The molecule has 2 aliphatic heterocycles. The molecule has 0 bridgehead atoms. The first-order valence-electron chi connectivity index (χ1n) is 23.4. The van der Waals surface area contributed by atoms with Crippen LogP contribution in [0.4, 0.5) is 0 Å². The zero-order valence-corrected chi connectivity index (χ0v) is 39.9. The number of nitriles is 2. The lowest BCUT2D eigenvalue weighted by Gasteiger charge is -2.33. The molecule has 8 rings (SSSR count). The molecule has 0 atom stereocenters. The van der Waals surface area contributed by atoms with Crippen LogP contribution in [0.3, 0.4) is 0 Å². The normalized spacial score (nSPS) is 15.9. The topological polar surface area (TPSA) is 273 Å². The van der Waals surface area contributed by atoms with Crippen LogP contribution in [0.25, 0.3) is 0 Å². The van der Waals surface area contributed by atoms with Crippen molar-refractivity contribution in [1.82, 2.24) is 15.2 Å². The monoisotopic (exact) mass is 929 g/mol. The van der Waals surface area contributed by atoms with Gasteiger partial charge in [-0.3, -0.25) is 31.5 Å². The summed E-state index contributed by atoms with van der Waals surface area (Å²) in [6.45, 7) is 8.54. The number of likely N-dealkylation sites (tertiary alicyclic amines) is 2. The maximum absolute atomic E-state index is 13.3. The van der Waals surface area contributed by atoms with Gasteiger partial charge >= 0.3 is 5.97 Å². The molecule has 4 aromatic rings. The summed E-state index contributed by atoms with van der Waals surface area (Å²) >= 11 is 0. The largest absolute Gasteiger partial charge is 0.465 e. The average Bonchev–Trinajstić information content (AvgIpc) is 3.33. The minimum Gasteiger partial charge on any atom is -0.465 e. The van der Waals surface area contributed by atoms with Gasteiger partial charge in [0, 0.05) is 49.5 Å². The van der Waals surface area contributed by atoms with Crippen molar-refractivity contribution in [2.45, 2.75) is 109 Å². The summed E-state index contributed by atoms with van der Waals surface area (Å²) in [5.41, 5.74) is 12.1. The third kappa shape index (κ3) is 12.9. The van der Waals surface area contributed by atoms with Crippen LogP contribution in [0.15, 0.2) is 72.8 Å². The maximum Gasteiger partial charge on any atom is 0.338 e. The second-order valence-corrected chi connectivity index (χ2v) is 17.6. The number of hydrogen-bond donors (Lipinski definition) is 5. The smallest absolute Gasteiger partial charge is 0.338 e. The number of piperidine rings is 2. The van der Waals surface area contributed by atoms with E-state index in [-0.39, 0.29) is 35.8 Å². The van der Waals surface area contributed by atoms with E-state index in [1.54, 1.807) is 19.1 Å². The van der Waals surface area contributed by atoms with E-state index in [4.69, 9.17) is 26.2 Å². The fraction of sp³-hybridized carbons (Fsp3) is 0.434. The van der Waals surface area contributed by atoms with Crippen LogP contribution in [0.5, 0.6) is 0 Å². The standard InChI is InChI=1S/C26H28N2O3.C25H28N4O2.C2H6O.H4N2.H2O/c1-17-14-23(21-4-3-5-21)24(26(30)31-2)15-22(17)25(29)28-12-10-20(11-13-28)19-8-6-18(16-27)7-9-19;1-16-13-22(20-3-2-4-20)23(24(30)28-27)14-21(16)25(31)29-11-9-19(10-12-29)18-7-5-17(15-26)6-8-18;1-2-3;1-2;/h6-9,14-15,20-21H,3-5,10-13H2,1-2H3;5-8,13-14,19-20H,2-4,9-12,27H2,1H3,(H,28,30);3H,2H2,1H3;1-2H2;1H2. The molecular formula is C53H68N8O7. The number of nitrogens with zero attached hydrogens (tertiary/aromatic N) is 4. The van der Waals surface area contributed by atoms with Crippen LogP contribution in [-0.4, -0.2) is 84.0 Å². The summed E-state index contributed by atoms with van der Waals surface area (Å²) in [5, 5.41) is 25.5. The summed E-state index contributed by atoms with van der Waals surface area (Å²) in [5.74, 6) is 14.2. The van der Waals surface area contributed by atoms with Gasteiger partial charge in [0.25, 0.3) is 17.7 Å². The van der Waals surface area contributed by atoms with Gasteiger partial charge in [-0.1, -0.05) is 49.2 Å². The molecule has 4 aliphatic rings. The Morgan fingerprint density at radius 1 is 0.632 bits per heavy atom. The van der Waals surface area contributed by atoms with E-state index in [0.717, 1.165) is 73.6 Å². The number of nitrogen functional groups attached to an aromatic ring is 1. The summed E-state index contributed by atoms with van der Waals surface area (Å²) < 4.78 is 5.01. The second kappa shape index (κ2) is 26.2. The van der Waals surface area contributed by atoms with Crippen molar-refractivity contribution in [3.05, 3.63) is 140 Å². The molecule has 0 unspecified atom stereocenters. The fourth-order valence-electron chi connectivity index (χ4n) is 9.43. The Hall–Kier alpha value is -6.46. The van der Waals surface area contributed by atoms with Gasteiger partial charge < -0.3 is 25.1 Å². The van der Waals surface area contributed by atoms with E-state index in [2.05, 4.69) is 29.2 Å². The van der Waals surface area contributed by atoms with Crippen LogP contribution in [0.2, 0.25) is 0 Å². The number of methoxy groups -OCH3 is 1. The second-order valence-electron chi connectivity index (χ2n) is 17.6. The van der Waals surface area contributed by atoms with Crippen LogP contribution in [0.1, 0.15) is 181 Å². The van der Waals surface area contributed by atoms with Crippen molar-refractivity contribution in [2.75, 3.05) is 39.9 Å². The quantitative estimate of drug-likeness (QED) is 0.0537. The Labute approximate surface area is 400 Å². The number of carbonyl (C=O) groups excluding carboxylic acids is 4. The Balaban J connectivity index is 0.000000267. The Morgan fingerprint density at radius 2 is 0.985 bits per heavy atom. The van der Waals surface area contributed by atoms with Gasteiger partial charge in [0.15, 0.2) is 0 Å². The molecule has 2 heterocycles. The van der Waals surface area contributed by atoms with Gasteiger partial charge in [0.2, 0.25) is 0 Å². The van der Waals surface area contributed by atoms with E-state index < -0.39 is 0 Å². The summed E-state index contributed by atoms with van der Waals surface area (Å²) in [6, 6.07) is 27.3. The average molecular weight is 929 g/mol. The minimum absolute atomic E-state index is 0. The van der Waals surface area contributed by atoms with Crippen molar-refractivity contribution in [1.29, 1.82) is 10.5 Å². The number of hydrazine groups is 2. The van der Waals surface area contributed by atoms with Gasteiger partial charge in [-0.2, -0.15) is 10.5 Å². The third-order valence-electron chi connectivity index (χ3n) is 13.7. The number of benzene rings is 4. The lowest BCUT2D eigenvalue weighted by Crippen LogP contribution is -2.38. The molecule has 0 radical (unpaired) electrons. The van der Waals surface area contributed by atoms with Crippen molar-refractivity contribution >= 4 is 23.7 Å². The third-order valence-corrected chi connectivity index (χ3v) is 13.7. The van der Waals surface area contributed by atoms with E-state index in [1.165, 1.54) is 31.1 Å². The molecule has 2 saturated carbocycles. The first-order chi connectivity index (χ1) is 32.4. The lowest BCUT2D eigenvalue weighted by atomic mass is 9.77. The van der Waals surface area contributed by atoms with E-state index in [9.17, 15) is 19.2 Å². The molecule has 0 aromatic heterocycles. The molecule has 362 valence electrons. The molecule has 2 aliphatic carbocycles. The van der Waals surface area contributed by atoms with E-state index in [1.807, 2.05) is 84.3 Å². The highest BCUT2D eigenvalue weighted by molar-refractivity contribution is 6.02. The first-order valence-corrected chi connectivity index (χ1v) is 23.4. The van der Waals surface area contributed by atoms with E-state index >= 15 is 0 Å². The molecule has 15 nitrogen and oxygen atoms in total. The number of ether oxygens (including phenoxy) is 1. The highest BCUT2D eigenvalue weighted by atomic mass is 16.5. The number of nitrogens with one attached hydrogen (secondary N) is 1. The minimum atomic E-state index is -0.365. The molecule has 15 heteroatoms. The molecule has 2 saturated heterocycles. The molecule has 3 amide bonds. The Kier molecular flexibility index (Phi) is 20.8. The highest BCUT2D eigenvalue weighted by Crippen LogP contribution is 2.41. The van der Waals surface area contributed by atoms with Crippen molar-refractivity contribution < 1.29 is 34.5 Å². The van der Waals surface area contributed by atoms with Crippen LogP contribution in [0, 0.1) is 36.5 Å². The number of nitrogens with two attached hydrogens (primary N) is 3. The molecule has 4 fully saturated rings. The Bertz CT molecular complexity index is 2250. The number of aliphatic hydroxyl groups is 1.